The maximum absolute atomic E-state index is 13.3. The van der Waals surface area contributed by atoms with Gasteiger partial charge in [-0.15, -0.1) is 0 Å². The molecule has 2 aromatic rings. The first-order valence-electron chi connectivity index (χ1n) is 7.84. The fourth-order valence-corrected chi connectivity index (χ4v) is 2.51. The third-order valence-electron chi connectivity index (χ3n) is 3.56. The number of hydrogen-bond acceptors (Lipinski definition) is 2. The Hall–Kier alpha value is -2.03. The van der Waals surface area contributed by atoms with Gasteiger partial charge in [0.1, 0.15) is 5.82 Å². The monoisotopic (exact) mass is 316 g/mol. The molecule has 0 aliphatic carbocycles. The van der Waals surface area contributed by atoms with Crippen molar-refractivity contribution < 1.29 is 4.39 Å². The molecule has 4 N–H and O–H groups in total. The lowest BCUT2D eigenvalue weighted by molar-refractivity contribution is 0.525. The molecule has 0 spiro atoms. The van der Waals surface area contributed by atoms with Crippen LogP contribution in [0.1, 0.15) is 52.7 Å². The second-order valence-corrected chi connectivity index (χ2v) is 7.79. The first kappa shape index (κ1) is 19.0. The Morgan fingerprint density at radius 2 is 1.22 bits per heavy atom. The van der Waals surface area contributed by atoms with Crippen molar-refractivity contribution in [1.29, 1.82) is 0 Å². The molecule has 0 bridgehead atoms. The number of rotatable bonds is 0. The SMILES string of the molecule is CC(C)(C)c1c(N)cccc1F.CC(C)(C)c1ccccc1N. The molecule has 0 unspecified atom stereocenters. The maximum Gasteiger partial charge on any atom is 0.128 e. The molecule has 0 saturated heterocycles. The summed E-state index contributed by atoms with van der Waals surface area (Å²) in [5.41, 5.74) is 14.6. The third-order valence-corrected chi connectivity index (χ3v) is 3.56. The van der Waals surface area contributed by atoms with E-state index in [0.717, 1.165) is 5.69 Å². The summed E-state index contributed by atoms with van der Waals surface area (Å²) in [5.74, 6) is -0.220. The summed E-state index contributed by atoms with van der Waals surface area (Å²) in [4.78, 5) is 0. The van der Waals surface area contributed by atoms with E-state index in [1.165, 1.54) is 11.6 Å². The Labute approximate surface area is 139 Å². The van der Waals surface area contributed by atoms with E-state index in [-0.39, 0.29) is 16.6 Å². The van der Waals surface area contributed by atoms with Crippen LogP contribution < -0.4 is 11.5 Å². The molecular formula is C20H29FN2. The lowest BCUT2D eigenvalue weighted by atomic mass is 9.85. The first-order chi connectivity index (χ1) is 10.4. The van der Waals surface area contributed by atoms with Crippen molar-refractivity contribution in [1.82, 2.24) is 0 Å². The van der Waals surface area contributed by atoms with Gasteiger partial charge in [-0.05, 0) is 34.6 Å². The number of nitrogen functional groups attached to an aromatic ring is 2. The second kappa shape index (κ2) is 7.03. The summed E-state index contributed by atoms with van der Waals surface area (Å²) in [7, 11) is 0. The Kier molecular flexibility index (Phi) is 5.81. The van der Waals surface area contributed by atoms with Gasteiger partial charge in [0.15, 0.2) is 0 Å². The summed E-state index contributed by atoms with van der Waals surface area (Å²) in [5, 5.41) is 0. The van der Waals surface area contributed by atoms with Gasteiger partial charge in [0.25, 0.3) is 0 Å². The minimum absolute atomic E-state index is 0.158. The van der Waals surface area contributed by atoms with Gasteiger partial charge in [-0.2, -0.15) is 0 Å². The number of hydrogen-bond donors (Lipinski definition) is 2. The molecule has 0 atom stereocenters. The van der Waals surface area contributed by atoms with E-state index in [1.807, 2.05) is 39.0 Å². The molecule has 126 valence electrons. The van der Waals surface area contributed by atoms with Crippen molar-refractivity contribution in [3.05, 3.63) is 59.4 Å². The summed E-state index contributed by atoms with van der Waals surface area (Å²) in [6, 6.07) is 12.8. The average molecular weight is 316 g/mol. The largest absolute Gasteiger partial charge is 0.398 e. The van der Waals surface area contributed by atoms with Crippen LogP contribution in [0.15, 0.2) is 42.5 Å². The van der Waals surface area contributed by atoms with Crippen molar-refractivity contribution >= 4 is 11.4 Å². The normalized spacial score (nSPS) is 11.6. The fourth-order valence-electron chi connectivity index (χ4n) is 2.51. The van der Waals surface area contributed by atoms with Gasteiger partial charge in [0.05, 0.1) is 0 Å². The van der Waals surface area contributed by atoms with Gasteiger partial charge in [-0.25, -0.2) is 4.39 Å². The van der Waals surface area contributed by atoms with Crippen LogP contribution >= 0.6 is 0 Å². The average Bonchev–Trinajstić information content (AvgIpc) is 2.36. The van der Waals surface area contributed by atoms with Crippen LogP contribution in [-0.2, 0) is 10.8 Å². The highest BCUT2D eigenvalue weighted by molar-refractivity contribution is 5.51. The molecular weight excluding hydrogens is 287 g/mol. The van der Waals surface area contributed by atoms with Gasteiger partial charge >= 0.3 is 0 Å². The van der Waals surface area contributed by atoms with E-state index >= 15 is 0 Å². The Bertz CT molecular complexity index is 629. The van der Waals surface area contributed by atoms with Crippen LogP contribution in [0.3, 0.4) is 0 Å². The maximum atomic E-state index is 13.3. The van der Waals surface area contributed by atoms with Crippen molar-refractivity contribution in [3.63, 3.8) is 0 Å². The molecule has 3 heteroatoms. The summed E-state index contributed by atoms with van der Waals surface area (Å²) >= 11 is 0. The second-order valence-electron chi connectivity index (χ2n) is 7.79. The van der Waals surface area contributed by atoms with E-state index in [9.17, 15) is 4.39 Å². The van der Waals surface area contributed by atoms with Gasteiger partial charge in [-0.1, -0.05) is 65.8 Å². The molecule has 2 nitrogen and oxygen atoms in total. The molecule has 0 aliphatic heterocycles. The number of benzene rings is 2. The minimum Gasteiger partial charge on any atom is -0.398 e. The predicted molar refractivity (Wildman–Crippen MR) is 99.1 cm³/mol. The molecule has 0 aliphatic rings. The van der Waals surface area contributed by atoms with E-state index < -0.39 is 0 Å². The van der Waals surface area contributed by atoms with Crippen molar-refractivity contribution in [2.75, 3.05) is 11.5 Å². The highest BCUT2D eigenvalue weighted by atomic mass is 19.1. The predicted octanol–water partition coefficient (Wildman–Crippen LogP) is 5.27. The Balaban J connectivity index is 0.000000231. The van der Waals surface area contributed by atoms with Crippen LogP contribution in [0.25, 0.3) is 0 Å². The zero-order valence-corrected chi connectivity index (χ0v) is 15.1. The molecule has 0 saturated carbocycles. The zero-order chi connectivity index (χ0) is 17.8. The number of nitrogens with two attached hydrogens (primary N) is 2. The summed E-state index contributed by atoms with van der Waals surface area (Å²) < 4.78 is 13.3. The van der Waals surface area contributed by atoms with Crippen molar-refractivity contribution in [2.24, 2.45) is 0 Å². The third kappa shape index (κ3) is 5.27. The Morgan fingerprint density at radius 1 is 0.696 bits per heavy atom. The topological polar surface area (TPSA) is 52.0 Å². The summed E-state index contributed by atoms with van der Waals surface area (Å²) in [6.07, 6.45) is 0. The highest BCUT2D eigenvalue weighted by Crippen LogP contribution is 2.29. The van der Waals surface area contributed by atoms with Crippen LogP contribution in [0.2, 0.25) is 0 Å². The van der Waals surface area contributed by atoms with Gasteiger partial charge in [0.2, 0.25) is 0 Å². The van der Waals surface area contributed by atoms with E-state index in [2.05, 4.69) is 26.8 Å². The van der Waals surface area contributed by atoms with Crippen molar-refractivity contribution in [3.8, 4) is 0 Å². The molecule has 23 heavy (non-hydrogen) atoms. The highest BCUT2D eigenvalue weighted by Gasteiger charge is 2.20. The fraction of sp³-hybridized carbons (Fsp3) is 0.400. The number of halogens is 1. The standard InChI is InChI=1S/C10H14FN.C10H15N/c1-10(2,3)9-7(11)5-4-6-8(9)12;1-10(2,3)8-6-4-5-7-9(8)11/h4-6H,12H2,1-3H3;4-7H,11H2,1-3H3. The molecule has 0 heterocycles. The van der Waals surface area contributed by atoms with Crippen LogP contribution in [0, 0.1) is 5.82 Å². The first-order valence-corrected chi connectivity index (χ1v) is 7.84. The number of para-hydroxylation sites is 1. The van der Waals surface area contributed by atoms with Crippen molar-refractivity contribution in [2.45, 2.75) is 52.4 Å². The lowest BCUT2D eigenvalue weighted by Crippen LogP contribution is -2.16. The van der Waals surface area contributed by atoms with E-state index in [0.29, 0.717) is 11.3 Å². The molecule has 2 rings (SSSR count). The molecule has 0 aromatic heterocycles. The smallest absolute Gasteiger partial charge is 0.128 e. The van der Waals surface area contributed by atoms with Crippen LogP contribution in [0.4, 0.5) is 15.8 Å². The molecule has 2 aromatic carbocycles. The Morgan fingerprint density at radius 3 is 1.57 bits per heavy atom. The minimum atomic E-state index is -0.227. The van der Waals surface area contributed by atoms with Crippen LogP contribution in [-0.4, -0.2) is 0 Å². The molecule has 0 radical (unpaired) electrons. The zero-order valence-electron chi connectivity index (χ0n) is 15.1. The van der Waals surface area contributed by atoms with Gasteiger partial charge in [-0.3, -0.25) is 0 Å². The number of anilines is 2. The van der Waals surface area contributed by atoms with Gasteiger partial charge in [0, 0.05) is 16.9 Å². The lowest BCUT2D eigenvalue weighted by Gasteiger charge is -2.21. The van der Waals surface area contributed by atoms with Gasteiger partial charge < -0.3 is 11.5 Å². The van der Waals surface area contributed by atoms with E-state index in [1.54, 1.807) is 12.1 Å². The molecule has 0 fully saturated rings. The quantitative estimate of drug-likeness (QED) is 0.650. The molecule has 0 amide bonds. The van der Waals surface area contributed by atoms with E-state index in [4.69, 9.17) is 11.5 Å². The van der Waals surface area contributed by atoms with Crippen LogP contribution in [0.5, 0.6) is 0 Å². The summed E-state index contributed by atoms with van der Waals surface area (Å²) in [6.45, 7) is 12.3.